The molecule has 3 rings (SSSR count). The van der Waals surface area contributed by atoms with Gasteiger partial charge >= 0.3 is 0 Å². The predicted molar refractivity (Wildman–Crippen MR) is 95.0 cm³/mol. The average Bonchev–Trinajstić information content (AvgIpc) is 3.06. The predicted octanol–water partition coefficient (Wildman–Crippen LogP) is 2.56. The fraction of sp³-hybridized carbons (Fsp3) is 0.526. The highest BCUT2D eigenvalue weighted by Crippen LogP contribution is 2.36. The number of carbonyl (C=O) groups is 1. The average molecular weight is 342 g/mol. The van der Waals surface area contributed by atoms with Gasteiger partial charge in [-0.2, -0.15) is 5.10 Å². The minimum atomic E-state index is -0.841. The zero-order valence-electron chi connectivity index (χ0n) is 14.8. The molecule has 2 aromatic heterocycles. The molecule has 1 aliphatic carbocycles. The largest absolute Gasteiger partial charge is 0.385 e. The molecule has 0 atom stereocenters. The highest BCUT2D eigenvalue weighted by atomic mass is 16.3. The molecule has 6 heteroatoms. The molecule has 3 N–H and O–H groups in total. The molecule has 134 valence electrons. The molecule has 0 aliphatic heterocycles. The van der Waals surface area contributed by atoms with Gasteiger partial charge in [0.05, 0.1) is 5.60 Å². The number of nitrogens with one attached hydrogen (secondary N) is 2. The van der Waals surface area contributed by atoms with Gasteiger partial charge < -0.3 is 10.4 Å². The van der Waals surface area contributed by atoms with Gasteiger partial charge in [-0.25, -0.2) is 0 Å². The molecular formula is C19H26N4O2. The van der Waals surface area contributed by atoms with Crippen LogP contribution in [0.1, 0.15) is 61.3 Å². The van der Waals surface area contributed by atoms with Crippen molar-refractivity contribution in [2.45, 2.75) is 57.6 Å². The Morgan fingerprint density at radius 3 is 2.84 bits per heavy atom. The Kier molecular flexibility index (Phi) is 5.18. The van der Waals surface area contributed by atoms with Gasteiger partial charge in [0.25, 0.3) is 5.91 Å². The summed E-state index contributed by atoms with van der Waals surface area (Å²) in [4.78, 5) is 16.5. The van der Waals surface area contributed by atoms with Crippen molar-refractivity contribution in [3.8, 4) is 0 Å². The summed E-state index contributed by atoms with van der Waals surface area (Å²) in [6, 6.07) is 5.64. The maximum absolute atomic E-state index is 12.4. The molecule has 2 heterocycles. The van der Waals surface area contributed by atoms with E-state index in [1.54, 1.807) is 12.4 Å². The van der Waals surface area contributed by atoms with Gasteiger partial charge in [0, 0.05) is 29.7 Å². The number of rotatable bonds is 5. The van der Waals surface area contributed by atoms with E-state index in [-0.39, 0.29) is 11.9 Å². The van der Waals surface area contributed by atoms with Crippen LogP contribution < -0.4 is 5.32 Å². The number of aliphatic hydroxyl groups is 1. The third kappa shape index (κ3) is 4.25. The minimum absolute atomic E-state index is 0.0645. The van der Waals surface area contributed by atoms with Gasteiger partial charge in [0.1, 0.15) is 5.69 Å². The van der Waals surface area contributed by atoms with Crippen molar-refractivity contribution in [1.29, 1.82) is 0 Å². The first-order valence-electron chi connectivity index (χ1n) is 8.94. The SMILES string of the molecule is CC(C)Cc1cc(C(=O)NC2CCC(O)(c3cccnc3)CC2)n[nH]1. The molecule has 25 heavy (non-hydrogen) atoms. The smallest absolute Gasteiger partial charge is 0.271 e. The first-order valence-corrected chi connectivity index (χ1v) is 8.94. The molecule has 1 saturated carbocycles. The Hall–Kier alpha value is -2.21. The highest BCUT2D eigenvalue weighted by molar-refractivity contribution is 5.92. The van der Waals surface area contributed by atoms with Crippen LogP contribution >= 0.6 is 0 Å². The highest BCUT2D eigenvalue weighted by Gasteiger charge is 2.35. The maximum Gasteiger partial charge on any atom is 0.271 e. The number of amides is 1. The summed E-state index contributed by atoms with van der Waals surface area (Å²) in [7, 11) is 0. The third-order valence-electron chi connectivity index (χ3n) is 4.84. The monoisotopic (exact) mass is 342 g/mol. The Bertz CT molecular complexity index is 703. The lowest BCUT2D eigenvalue weighted by Crippen LogP contribution is -2.42. The van der Waals surface area contributed by atoms with E-state index in [1.807, 2.05) is 18.2 Å². The van der Waals surface area contributed by atoms with Crippen LogP contribution in [0, 0.1) is 5.92 Å². The van der Waals surface area contributed by atoms with Crippen LogP contribution in [0.25, 0.3) is 0 Å². The molecule has 0 radical (unpaired) electrons. The van der Waals surface area contributed by atoms with Gasteiger partial charge in [-0.05, 0) is 50.2 Å². The lowest BCUT2D eigenvalue weighted by Gasteiger charge is -2.36. The summed E-state index contributed by atoms with van der Waals surface area (Å²) >= 11 is 0. The van der Waals surface area contributed by atoms with Crippen molar-refractivity contribution in [2.24, 2.45) is 5.92 Å². The van der Waals surface area contributed by atoms with Crippen molar-refractivity contribution >= 4 is 5.91 Å². The Morgan fingerprint density at radius 2 is 2.20 bits per heavy atom. The van der Waals surface area contributed by atoms with E-state index < -0.39 is 5.60 Å². The number of carbonyl (C=O) groups excluding carboxylic acids is 1. The van der Waals surface area contributed by atoms with Crippen LogP contribution in [0.4, 0.5) is 0 Å². The van der Waals surface area contributed by atoms with E-state index in [9.17, 15) is 9.90 Å². The molecule has 0 spiro atoms. The second-order valence-electron chi connectivity index (χ2n) is 7.40. The van der Waals surface area contributed by atoms with Crippen LogP contribution in [0.2, 0.25) is 0 Å². The fourth-order valence-corrected chi connectivity index (χ4v) is 3.45. The summed E-state index contributed by atoms with van der Waals surface area (Å²) in [5.74, 6) is 0.364. The molecule has 0 aromatic carbocycles. The quantitative estimate of drug-likeness (QED) is 0.779. The van der Waals surface area contributed by atoms with Gasteiger partial charge in [0.15, 0.2) is 0 Å². The summed E-state index contributed by atoms with van der Waals surface area (Å²) < 4.78 is 0. The maximum atomic E-state index is 12.4. The molecular weight excluding hydrogens is 316 g/mol. The van der Waals surface area contributed by atoms with Gasteiger partial charge in [-0.15, -0.1) is 0 Å². The van der Waals surface area contributed by atoms with Crippen LogP contribution in [0.3, 0.4) is 0 Å². The summed E-state index contributed by atoms with van der Waals surface area (Å²) in [5.41, 5.74) is 1.43. The lowest BCUT2D eigenvalue weighted by atomic mass is 9.78. The normalized spacial score (nSPS) is 23.6. The summed E-state index contributed by atoms with van der Waals surface area (Å²) in [6.07, 6.45) is 7.00. The van der Waals surface area contributed by atoms with Gasteiger partial charge in [0.2, 0.25) is 0 Å². The molecule has 0 bridgehead atoms. The zero-order chi connectivity index (χ0) is 17.9. The van der Waals surface area contributed by atoms with Gasteiger partial charge in [-0.3, -0.25) is 14.9 Å². The minimum Gasteiger partial charge on any atom is -0.385 e. The standard InChI is InChI=1S/C19H26N4O2/c1-13(2)10-16-11-17(23-22-16)18(24)21-15-5-7-19(25,8-6-15)14-4-3-9-20-12-14/h3-4,9,11-13,15,25H,5-8,10H2,1-2H3,(H,21,24)(H,22,23). The molecule has 1 amide bonds. The Labute approximate surface area is 148 Å². The molecule has 0 saturated heterocycles. The van der Waals surface area contributed by atoms with E-state index in [2.05, 4.69) is 34.3 Å². The van der Waals surface area contributed by atoms with E-state index in [1.165, 1.54) is 0 Å². The number of aromatic nitrogens is 3. The number of hydrogen-bond donors (Lipinski definition) is 3. The number of H-pyrrole nitrogens is 1. The second-order valence-corrected chi connectivity index (χ2v) is 7.40. The molecule has 1 aliphatic rings. The van der Waals surface area contributed by atoms with E-state index >= 15 is 0 Å². The van der Waals surface area contributed by atoms with Crippen LogP contribution in [-0.2, 0) is 12.0 Å². The molecule has 0 unspecified atom stereocenters. The van der Waals surface area contributed by atoms with E-state index in [4.69, 9.17) is 0 Å². The third-order valence-corrected chi connectivity index (χ3v) is 4.84. The Balaban J connectivity index is 1.55. The molecule has 2 aromatic rings. The number of pyridine rings is 1. The number of aromatic amines is 1. The first kappa shape index (κ1) is 17.6. The van der Waals surface area contributed by atoms with Crippen molar-refractivity contribution in [3.05, 3.63) is 47.5 Å². The van der Waals surface area contributed by atoms with Crippen LogP contribution in [-0.4, -0.2) is 32.2 Å². The van der Waals surface area contributed by atoms with E-state index in [0.29, 0.717) is 24.5 Å². The molecule has 6 nitrogen and oxygen atoms in total. The topological polar surface area (TPSA) is 90.9 Å². The van der Waals surface area contributed by atoms with Crippen LogP contribution in [0.5, 0.6) is 0 Å². The number of hydrogen-bond acceptors (Lipinski definition) is 4. The van der Waals surface area contributed by atoms with Crippen LogP contribution in [0.15, 0.2) is 30.6 Å². The van der Waals surface area contributed by atoms with Crippen molar-refractivity contribution in [3.63, 3.8) is 0 Å². The lowest BCUT2D eigenvalue weighted by molar-refractivity contribution is -0.00833. The molecule has 1 fully saturated rings. The first-order chi connectivity index (χ1) is 12.0. The summed E-state index contributed by atoms with van der Waals surface area (Å²) in [6.45, 7) is 4.26. The number of nitrogens with zero attached hydrogens (tertiary/aromatic N) is 2. The zero-order valence-corrected chi connectivity index (χ0v) is 14.8. The summed E-state index contributed by atoms with van der Waals surface area (Å²) in [5, 5.41) is 20.9. The second kappa shape index (κ2) is 7.35. The van der Waals surface area contributed by atoms with Gasteiger partial charge in [-0.1, -0.05) is 19.9 Å². The van der Waals surface area contributed by atoms with E-state index in [0.717, 1.165) is 30.5 Å². The van der Waals surface area contributed by atoms with Crippen molar-refractivity contribution in [1.82, 2.24) is 20.5 Å². The Morgan fingerprint density at radius 1 is 1.44 bits per heavy atom. The van der Waals surface area contributed by atoms with Crippen molar-refractivity contribution in [2.75, 3.05) is 0 Å². The van der Waals surface area contributed by atoms with Crippen molar-refractivity contribution < 1.29 is 9.90 Å². The fourth-order valence-electron chi connectivity index (χ4n) is 3.45.